The highest BCUT2D eigenvalue weighted by molar-refractivity contribution is 7.80. The highest BCUT2D eigenvalue weighted by Crippen LogP contribution is 2.28. The van der Waals surface area contributed by atoms with Crippen molar-refractivity contribution in [3.63, 3.8) is 0 Å². The molecule has 0 aliphatic rings. The molecule has 0 radical (unpaired) electrons. The van der Waals surface area contributed by atoms with Crippen LogP contribution in [0.2, 0.25) is 10.0 Å². The van der Waals surface area contributed by atoms with Gasteiger partial charge in [0.15, 0.2) is 11.2 Å². The Kier molecular flexibility index (Phi) is 6.33. The van der Waals surface area contributed by atoms with Crippen molar-refractivity contribution >= 4 is 68.4 Å². The summed E-state index contributed by atoms with van der Waals surface area (Å²) in [5.41, 5.74) is 1.58. The van der Waals surface area contributed by atoms with Gasteiger partial charge in [-0.3, -0.25) is 10.1 Å². The van der Waals surface area contributed by atoms with Crippen LogP contribution in [0.1, 0.15) is 6.92 Å². The predicted octanol–water partition coefficient (Wildman–Crippen LogP) is 4.44. The van der Waals surface area contributed by atoms with Gasteiger partial charge in [0.1, 0.15) is 17.1 Å². The number of benzene rings is 2. The van der Waals surface area contributed by atoms with E-state index in [2.05, 4.69) is 25.9 Å². The van der Waals surface area contributed by atoms with Crippen LogP contribution in [0.25, 0.3) is 15.5 Å². The highest BCUT2D eigenvalue weighted by Gasteiger charge is 2.18. The van der Waals surface area contributed by atoms with Gasteiger partial charge in [0.05, 0.1) is 5.02 Å². The Labute approximate surface area is 196 Å². The number of rotatable bonds is 5. The van der Waals surface area contributed by atoms with Gasteiger partial charge < -0.3 is 10.1 Å². The lowest BCUT2D eigenvalue weighted by Gasteiger charge is -2.16. The molecule has 2 N–H and O–H groups in total. The number of amides is 1. The van der Waals surface area contributed by atoms with Gasteiger partial charge in [-0.05, 0) is 49.5 Å². The van der Waals surface area contributed by atoms with Gasteiger partial charge in [0, 0.05) is 16.3 Å². The maximum absolute atomic E-state index is 12.4. The first-order valence-electron chi connectivity index (χ1n) is 8.90. The smallest absolute Gasteiger partial charge is 0.266 e. The summed E-state index contributed by atoms with van der Waals surface area (Å²) in [4.78, 5) is 13.1. The molecular formula is C19H14Cl2N6O2S2. The summed E-state index contributed by atoms with van der Waals surface area (Å²) < 4.78 is 7.21. The number of ether oxygens (including phenoxy) is 1. The van der Waals surface area contributed by atoms with Crippen LogP contribution in [0.4, 0.5) is 5.69 Å². The molecule has 1 atom stereocenters. The van der Waals surface area contributed by atoms with Crippen LogP contribution in [0, 0.1) is 0 Å². The van der Waals surface area contributed by atoms with Crippen molar-refractivity contribution in [1.82, 2.24) is 25.1 Å². The topological polar surface area (TPSA) is 93.4 Å². The maximum Gasteiger partial charge on any atom is 0.266 e. The van der Waals surface area contributed by atoms with E-state index in [9.17, 15) is 4.79 Å². The molecule has 158 valence electrons. The molecule has 0 spiro atoms. The van der Waals surface area contributed by atoms with E-state index in [1.807, 2.05) is 24.3 Å². The van der Waals surface area contributed by atoms with Crippen molar-refractivity contribution < 1.29 is 9.53 Å². The van der Waals surface area contributed by atoms with E-state index in [1.165, 1.54) is 11.3 Å². The number of halogens is 2. The summed E-state index contributed by atoms with van der Waals surface area (Å²) in [5.74, 6) is -0.0707. The van der Waals surface area contributed by atoms with E-state index in [0.717, 1.165) is 10.6 Å². The number of hydrogen-bond donors (Lipinski definition) is 2. The normalized spacial score (nSPS) is 11.8. The molecule has 0 saturated heterocycles. The largest absolute Gasteiger partial charge is 0.479 e. The SMILES string of the molecule is CC(Oc1ccc(Cl)cc1Cl)C(=O)NC(=S)Nc1cccc(-c2nn3cnnc3s2)c1. The van der Waals surface area contributed by atoms with Crippen LogP contribution in [0.5, 0.6) is 5.75 Å². The van der Waals surface area contributed by atoms with Crippen molar-refractivity contribution in [1.29, 1.82) is 0 Å². The van der Waals surface area contributed by atoms with Crippen molar-refractivity contribution in [2.75, 3.05) is 5.32 Å². The zero-order chi connectivity index (χ0) is 22.0. The zero-order valence-electron chi connectivity index (χ0n) is 15.9. The fourth-order valence-corrected chi connectivity index (χ4v) is 4.08. The van der Waals surface area contributed by atoms with E-state index in [0.29, 0.717) is 26.4 Å². The van der Waals surface area contributed by atoms with Crippen LogP contribution >= 0.6 is 46.8 Å². The second kappa shape index (κ2) is 9.15. The van der Waals surface area contributed by atoms with Gasteiger partial charge in [0.25, 0.3) is 5.91 Å². The molecule has 4 rings (SSSR count). The Morgan fingerprint density at radius 1 is 1.26 bits per heavy atom. The monoisotopic (exact) mass is 492 g/mol. The van der Waals surface area contributed by atoms with E-state index in [-0.39, 0.29) is 5.11 Å². The van der Waals surface area contributed by atoms with Gasteiger partial charge in [0.2, 0.25) is 4.96 Å². The first kappa shape index (κ1) is 21.4. The molecule has 1 amide bonds. The fourth-order valence-electron chi connectivity index (χ4n) is 2.60. The number of fused-ring (bicyclic) bond motifs is 1. The molecule has 0 aliphatic carbocycles. The van der Waals surface area contributed by atoms with Crippen molar-refractivity contribution in [2.24, 2.45) is 0 Å². The molecule has 8 nitrogen and oxygen atoms in total. The number of carbonyl (C=O) groups excluding carboxylic acids is 1. The quantitative estimate of drug-likeness (QED) is 0.397. The van der Waals surface area contributed by atoms with Gasteiger partial charge >= 0.3 is 0 Å². The predicted molar refractivity (Wildman–Crippen MR) is 125 cm³/mol. The Balaban J connectivity index is 1.38. The van der Waals surface area contributed by atoms with Gasteiger partial charge in [-0.1, -0.05) is 46.7 Å². The second-order valence-electron chi connectivity index (χ2n) is 6.32. The minimum absolute atomic E-state index is 0.137. The number of thiocarbonyl (C=S) groups is 1. The number of nitrogens with zero attached hydrogens (tertiary/aromatic N) is 4. The molecule has 0 saturated carbocycles. The molecule has 2 aromatic carbocycles. The third-order valence-electron chi connectivity index (χ3n) is 4.06. The number of carbonyl (C=O) groups is 1. The van der Waals surface area contributed by atoms with Crippen LogP contribution in [0.15, 0.2) is 48.8 Å². The highest BCUT2D eigenvalue weighted by atomic mass is 35.5. The van der Waals surface area contributed by atoms with Crippen LogP contribution in [0.3, 0.4) is 0 Å². The minimum Gasteiger partial charge on any atom is -0.479 e. The Hall–Kier alpha value is -2.79. The molecule has 2 heterocycles. The van der Waals surface area contributed by atoms with E-state index in [1.54, 1.807) is 36.0 Å². The van der Waals surface area contributed by atoms with Crippen molar-refractivity contribution in [2.45, 2.75) is 13.0 Å². The molecule has 12 heteroatoms. The molecule has 1 unspecified atom stereocenters. The third kappa shape index (κ3) is 5.10. The lowest BCUT2D eigenvalue weighted by Crippen LogP contribution is -2.42. The van der Waals surface area contributed by atoms with Gasteiger partial charge in [-0.2, -0.15) is 9.61 Å². The molecule has 2 aromatic heterocycles. The molecule has 4 aromatic rings. The first-order valence-corrected chi connectivity index (χ1v) is 10.9. The lowest BCUT2D eigenvalue weighted by molar-refractivity contribution is -0.125. The van der Waals surface area contributed by atoms with E-state index < -0.39 is 12.0 Å². The van der Waals surface area contributed by atoms with Crippen molar-refractivity contribution in [3.8, 4) is 16.3 Å². The maximum atomic E-state index is 12.4. The summed E-state index contributed by atoms with van der Waals surface area (Å²) >= 11 is 18.6. The Bertz CT molecular complexity index is 1250. The summed E-state index contributed by atoms with van der Waals surface area (Å²) in [6.07, 6.45) is 0.715. The van der Waals surface area contributed by atoms with Gasteiger partial charge in [-0.25, -0.2) is 0 Å². The minimum atomic E-state index is -0.829. The van der Waals surface area contributed by atoms with E-state index in [4.69, 9.17) is 40.2 Å². The molecule has 31 heavy (non-hydrogen) atoms. The summed E-state index contributed by atoms with van der Waals surface area (Å²) in [7, 11) is 0. The van der Waals surface area contributed by atoms with Crippen LogP contribution in [-0.2, 0) is 4.79 Å². The van der Waals surface area contributed by atoms with Gasteiger partial charge in [-0.15, -0.1) is 10.2 Å². The van der Waals surface area contributed by atoms with E-state index >= 15 is 0 Å². The average molecular weight is 493 g/mol. The molecule has 0 aliphatic heterocycles. The second-order valence-corrected chi connectivity index (χ2v) is 8.53. The van der Waals surface area contributed by atoms with Crippen LogP contribution in [-0.4, -0.2) is 36.9 Å². The summed E-state index contributed by atoms with van der Waals surface area (Å²) in [6.45, 7) is 1.59. The molecule has 0 fully saturated rings. The number of nitrogens with one attached hydrogen (secondary N) is 2. The fraction of sp³-hybridized carbons (Fsp3) is 0.105. The van der Waals surface area contributed by atoms with Crippen molar-refractivity contribution in [3.05, 3.63) is 58.8 Å². The average Bonchev–Trinajstić information content (AvgIpc) is 3.32. The van der Waals surface area contributed by atoms with Crippen LogP contribution < -0.4 is 15.4 Å². The molecular weight excluding hydrogens is 479 g/mol. The zero-order valence-corrected chi connectivity index (χ0v) is 19.0. The lowest BCUT2D eigenvalue weighted by atomic mass is 10.2. The molecule has 0 bridgehead atoms. The summed E-state index contributed by atoms with van der Waals surface area (Å²) in [6, 6.07) is 12.3. The standard InChI is InChI=1S/C19H14Cl2N6O2S2/c1-10(29-15-6-5-12(20)8-14(15)21)16(28)24-18(30)23-13-4-2-3-11(7-13)17-26-27-9-22-25-19(27)31-17/h2-10H,1H3,(H2,23,24,28,30). The third-order valence-corrected chi connectivity index (χ3v) is 5.75. The Morgan fingerprint density at radius 3 is 2.87 bits per heavy atom. The number of anilines is 1. The number of aromatic nitrogens is 4. The summed E-state index contributed by atoms with van der Waals surface area (Å²) in [5, 5.41) is 19.5. The Morgan fingerprint density at radius 2 is 2.10 bits per heavy atom. The first-order chi connectivity index (χ1) is 14.9. The number of hydrogen-bond acceptors (Lipinski definition) is 7.